The topological polar surface area (TPSA) is 88.2 Å². The molecule has 1 N–H and O–H groups in total. The van der Waals surface area contributed by atoms with Crippen molar-refractivity contribution in [3.05, 3.63) is 34.4 Å². The maximum atomic E-state index is 10.9. The maximum Gasteiger partial charge on any atom is 0.310 e. The van der Waals surface area contributed by atoms with E-state index in [9.17, 15) is 15.4 Å². The molecule has 1 saturated carbocycles. The van der Waals surface area contributed by atoms with Crippen molar-refractivity contribution in [1.29, 1.82) is 5.26 Å². The SMILES string of the molecule is CCNC1(C#N)CCC(Oc2ccccc2[N+](=O)[O-])C1. The fraction of sp³-hybridized carbons (Fsp3) is 0.500. The molecule has 1 fully saturated rings. The second-order valence-corrected chi connectivity index (χ2v) is 4.93. The Morgan fingerprint density at radius 1 is 1.60 bits per heavy atom. The summed E-state index contributed by atoms with van der Waals surface area (Å²) >= 11 is 0. The first-order valence-corrected chi connectivity index (χ1v) is 6.66. The largest absolute Gasteiger partial charge is 0.483 e. The molecule has 0 heterocycles. The van der Waals surface area contributed by atoms with Gasteiger partial charge in [-0.3, -0.25) is 15.4 Å². The van der Waals surface area contributed by atoms with Crippen molar-refractivity contribution >= 4 is 5.69 Å². The summed E-state index contributed by atoms with van der Waals surface area (Å²) in [6.07, 6.45) is 1.79. The second kappa shape index (κ2) is 5.88. The van der Waals surface area contributed by atoms with E-state index in [0.717, 1.165) is 0 Å². The van der Waals surface area contributed by atoms with Gasteiger partial charge in [0.25, 0.3) is 0 Å². The van der Waals surface area contributed by atoms with Crippen LogP contribution in [-0.2, 0) is 0 Å². The lowest BCUT2D eigenvalue weighted by Gasteiger charge is -2.21. The van der Waals surface area contributed by atoms with Crippen molar-refractivity contribution in [3.63, 3.8) is 0 Å². The Morgan fingerprint density at radius 2 is 2.35 bits per heavy atom. The molecule has 0 radical (unpaired) electrons. The minimum Gasteiger partial charge on any atom is -0.483 e. The van der Waals surface area contributed by atoms with E-state index in [1.165, 1.54) is 6.07 Å². The molecule has 0 bridgehead atoms. The lowest BCUT2D eigenvalue weighted by Crippen LogP contribution is -2.42. The minimum atomic E-state index is -0.566. The lowest BCUT2D eigenvalue weighted by molar-refractivity contribution is -0.386. The molecule has 2 unspecified atom stereocenters. The normalized spacial score (nSPS) is 25.1. The number of hydrogen-bond acceptors (Lipinski definition) is 5. The van der Waals surface area contributed by atoms with Gasteiger partial charge < -0.3 is 4.74 Å². The highest BCUT2D eigenvalue weighted by Crippen LogP contribution is 2.35. The van der Waals surface area contributed by atoms with E-state index < -0.39 is 10.5 Å². The van der Waals surface area contributed by atoms with Crippen LogP contribution in [-0.4, -0.2) is 23.1 Å². The fourth-order valence-corrected chi connectivity index (χ4v) is 2.63. The standard InChI is InChI=1S/C14H17N3O3/c1-2-16-14(10-15)8-7-11(9-14)20-13-6-4-3-5-12(13)17(18)19/h3-6,11,16H,2,7-9H2,1H3. The molecule has 1 aromatic carbocycles. The zero-order valence-electron chi connectivity index (χ0n) is 11.3. The van der Waals surface area contributed by atoms with Gasteiger partial charge in [-0.05, 0) is 25.5 Å². The Bertz CT molecular complexity index is 541. The van der Waals surface area contributed by atoms with E-state index in [1.807, 2.05) is 6.92 Å². The van der Waals surface area contributed by atoms with Crippen LogP contribution in [0.25, 0.3) is 0 Å². The molecule has 0 spiro atoms. The van der Waals surface area contributed by atoms with Crippen LogP contribution in [0.15, 0.2) is 24.3 Å². The molecule has 20 heavy (non-hydrogen) atoms. The molecule has 2 atom stereocenters. The smallest absolute Gasteiger partial charge is 0.310 e. The van der Waals surface area contributed by atoms with Gasteiger partial charge in [0.15, 0.2) is 5.75 Å². The highest BCUT2D eigenvalue weighted by atomic mass is 16.6. The molecule has 1 aliphatic carbocycles. The Kier molecular flexibility index (Phi) is 4.20. The van der Waals surface area contributed by atoms with E-state index in [4.69, 9.17) is 4.74 Å². The molecule has 0 saturated heterocycles. The van der Waals surface area contributed by atoms with Crippen LogP contribution in [0.5, 0.6) is 5.75 Å². The number of nitrogens with zero attached hydrogens (tertiary/aromatic N) is 2. The first kappa shape index (κ1) is 14.3. The van der Waals surface area contributed by atoms with Crippen LogP contribution >= 0.6 is 0 Å². The zero-order chi connectivity index (χ0) is 14.6. The third-order valence-corrected chi connectivity index (χ3v) is 3.55. The third-order valence-electron chi connectivity index (χ3n) is 3.55. The molecule has 2 rings (SSSR count). The minimum absolute atomic E-state index is 0.0367. The molecule has 0 aromatic heterocycles. The molecule has 6 heteroatoms. The summed E-state index contributed by atoms with van der Waals surface area (Å²) in [5, 5.41) is 23.4. The predicted molar refractivity (Wildman–Crippen MR) is 73.4 cm³/mol. The summed E-state index contributed by atoms with van der Waals surface area (Å²) < 4.78 is 5.74. The van der Waals surface area contributed by atoms with Gasteiger partial charge in [0.2, 0.25) is 0 Å². The quantitative estimate of drug-likeness (QED) is 0.658. The second-order valence-electron chi connectivity index (χ2n) is 4.93. The van der Waals surface area contributed by atoms with E-state index in [0.29, 0.717) is 25.8 Å². The maximum absolute atomic E-state index is 10.9. The average Bonchev–Trinajstić information content (AvgIpc) is 2.83. The molecular formula is C14H17N3O3. The highest BCUT2D eigenvalue weighted by Gasteiger charge is 2.40. The number of rotatable bonds is 5. The molecule has 0 aliphatic heterocycles. The van der Waals surface area contributed by atoms with Gasteiger partial charge in [-0.1, -0.05) is 19.1 Å². The van der Waals surface area contributed by atoms with Gasteiger partial charge in [-0.15, -0.1) is 0 Å². The number of ether oxygens (including phenoxy) is 1. The number of hydrogen-bond donors (Lipinski definition) is 1. The number of nitro benzene ring substituents is 1. The summed E-state index contributed by atoms with van der Waals surface area (Å²) in [5.74, 6) is 0.271. The van der Waals surface area contributed by atoms with E-state index in [-0.39, 0.29) is 17.5 Å². The molecular weight excluding hydrogens is 258 g/mol. The first-order chi connectivity index (χ1) is 9.60. The van der Waals surface area contributed by atoms with Crippen LogP contribution in [0, 0.1) is 21.4 Å². The van der Waals surface area contributed by atoms with Crippen LogP contribution in [0.3, 0.4) is 0 Å². The van der Waals surface area contributed by atoms with Crippen LogP contribution in [0.4, 0.5) is 5.69 Å². The Morgan fingerprint density at radius 3 is 3.00 bits per heavy atom. The average molecular weight is 275 g/mol. The molecule has 0 amide bonds. The van der Waals surface area contributed by atoms with Crippen molar-refractivity contribution in [2.75, 3.05) is 6.54 Å². The van der Waals surface area contributed by atoms with Gasteiger partial charge in [0.1, 0.15) is 11.6 Å². The number of benzene rings is 1. The Labute approximate surface area is 117 Å². The van der Waals surface area contributed by atoms with Crippen LogP contribution in [0.1, 0.15) is 26.2 Å². The zero-order valence-corrected chi connectivity index (χ0v) is 11.3. The van der Waals surface area contributed by atoms with E-state index in [1.54, 1.807) is 18.2 Å². The number of nitro groups is 1. The van der Waals surface area contributed by atoms with Gasteiger partial charge in [-0.2, -0.15) is 5.26 Å². The summed E-state index contributed by atoms with van der Waals surface area (Å²) in [5.41, 5.74) is -0.603. The fourth-order valence-electron chi connectivity index (χ4n) is 2.63. The van der Waals surface area contributed by atoms with Crippen molar-refractivity contribution in [3.8, 4) is 11.8 Å². The summed E-state index contributed by atoms with van der Waals surface area (Å²) in [4.78, 5) is 10.5. The van der Waals surface area contributed by atoms with Crippen LogP contribution in [0.2, 0.25) is 0 Å². The summed E-state index contributed by atoms with van der Waals surface area (Å²) in [6.45, 7) is 2.67. The number of nitrogens with one attached hydrogen (secondary N) is 1. The molecule has 1 aliphatic rings. The van der Waals surface area contributed by atoms with E-state index >= 15 is 0 Å². The van der Waals surface area contributed by atoms with Crippen molar-refractivity contribution in [1.82, 2.24) is 5.32 Å². The van der Waals surface area contributed by atoms with Gasteiger partial charge in [0, 0.05) is 12.5 Å². The number of para-hydroxylation sites is 2. The Balaban J connectivity index is 2.10. The Hall–Kier alpha value is -2.13. The van der Waals surface area contributed by atoms with Crippen molar-refractivity contribution in [2.24, 2.45) is 0 Å². The van der Waals surface area contributed by atoms with E-state index in [2.05, 4.69) is 11.4 Å². The number of nitriles is 1. The predicted octanol–water partition coefficient (Wildman–Crippen LogP) is 2.40. The first-order valence-electron chi connectivity index (χ1n) is 6.66. The third kappa shape index (κ3) is 2.89. The van der Waals surface area contributed by atoms with Crippen LogP contribution < -0.4 is 10.1 Å². The van der Waals surface area contributed by atoms with Gasteiger partial charge >= 0.3 is 5.69 Å². The van der Waals surface area contributed by atoms with Crippen molar-refractivity contribution in [2.45, 2.75) is 37.8 Å². The molecule has 106 valence electrons. The molecule has 6 nitrogen and oxygen atoms in total. The van der Waals surface area contributed by atoms with Crippen molar-refractivity contribution < 1.29 is 9.66 Å². The highest BCUT2D eigenvalue weighted by molar-refractivity contribution is 5.45. The summed E-state index contributed by atoms with van der Waals surface area (Å²) in [6, 6.07) is 8.64. The summed E-state index contributed by atoms with van der Waals surface area (Å²) in [7, 11) is 0. The van der Waals surface area contributed by atoms with Gasteiger partial charge in [-0.25, -0.2) is 0 Å². The lowest BCUT2D eigenvalue weighted by atomic mass is 10.00. The molecule has 1 aromatic rings. The van der Waals surface area contributed by atoms with Gasteiger partial charge in [0.05, 0.1) is 11.0 Å². The monoisotopic (exact) mass is 275 g/mol.